The molecule has 1 fully saturated rings. The minimum Gasteiger partial charge on any atom is -0.382 e. The van der Waals surface area contributed by atoms with E-state index in [0.717, 1.165) is 52.2 Å². The molecule has 0 unspecified atom stereocenters. The molecule has 1 saturated heterocycles. The van der Waals surface area contributed by atoms with Crippen molar-refractivity contribution < 1.29 is 13.2 Å². The number of fused-ring (bicyclic) bond motifs is 1. The molecule has 1 atom stereocenters. The molecule has 0 amide bonds. The molecule has 0 saturated carbocycles. The van der Waals surface area contributed by atoms with Gasteiger partial charge in [0.15, 0.2) is 5.16 Å². The van der Waals surface area contributed by atoms with E-state index in [9.17, 15) is 8.42 Å². The summed E-state index contributed by atoms with van der Waals surface area (Å²) in [5, 5.41) is 0.896. The van der Waals surface area contributed by atoms with Gasteiger partial charge in [-0.1, -0.05) is 46.7 Å². The number of hydrogen-bond donors (Lipinski definition) is 0. The Hall–Kier alpha value is -1.39. The van der Waals surface area contributed by atoms with E-state index in [1.165, 1.54) is 5.56 Å². The van der Waals surface area contributed by atoms with E-state index in [-0.39, 0.29) is 0 Å². The Morgan fingerprint density at radius 2 is 2.09 bits per heavy atom. The number of ether oxygens (including phenoxy) is 1. The first-order valence-corrected chi connectivity index (χ1v) is 15.1. The van der Waals surface area contributed by atoms with Crippen molar-refractivity contribution >= 4 is 48.7 Å². The molecule has 34 heavy (non-hydrogen) atoms. The van der Waals surface area contributed by atoms with Crippen molar-refractivity contribution in [1.29, 1.82) is 0 Å². The fourth-order valence-electron chi connectivity index (χ4n) is 4.33. The standard InChI is InChI=1S/C25H32BrN3O3S2/c1-3-32-14-6-13-29-24-11-10-22(34(30,31)28-12-5-7-19(2)17-28)16-23(24)27-25(29)33-18-20-8-4-9-21(26)15-20/h4,8-11,15-16,19H,3,5-7,12-14,17-18H2,1-2H3/t19-/m1/s1. The molecule has 184 valence electrons. The number of aromatic nitrogens is 2. The van der Waals surface area contributed by atoms with E-state index in [2.05, 4.69) is 39.6 Å². The highest BCUT2D eigenvalue weighted by Gasteiger charge is 2.29. The van der Waals surface area contributed by atoms with Gasteiger partial charge in [-0.2, -0.15) is 4.31 Å². The van der Waals surface area contributed by atoms with Crippen LogP contribution in [0, 0.1) is 5.92 Å². The van der Waals surface area contributed by atoms with Crippen LogP contribution in [0.25, 0.3) is 11.0 Å². The first kappa shape index (κ1) is 25.7. The lowest BCUT2D eigenvalue weighted by Crippen LogP contribution is -2.39. The Morgan fingerprint density at radius 3 is 2.85 bits per heavy atom. The largest absolute Gasteiger partial charge is 0.382 e. The van der Waals surface area contributed by atoms with Crippen LogP contribution in [0.3, 0.4) is 0 Å². The van der Waals surface area contributed by atoms with E-state index in [1.807, 2.05) is 25.1 Å². The molecule has 2 heterocycles. The van der Waals surface area contributed by atoms with Gasteiger partial charge in [-0.15, -0.1) is 0 Å². The Kier molecular flexibility index (Phi) is 8.74. The third-order valence-electron chi connectivity index (χ3n) is 6.07. The molecule has 2 aromatic carbocycles. The number of sulfonamides is 1. The van der Waals surface area contributed by atoms with Crippen LogP contribution in [0.1, 0.15) is 38.7 Å². The Labute approximate surface area is 215 Å². The minimum absolute atomic E-state index is 0.330. The van der Waals surface area contributed by atoms with E-state index in [0.29, 0.717) is 37.1 Å². The van der Waals surface area contributed by atoms with Gasteiger partial charge < -0.3 is 9.30 Å². The highest BCUT2D eigenvalue weighted by atomic mass is 79.9. The van der Waals surface area contributed by atoms with Crippen molar-refractivity contribution in [2.24, 2.45) is 5.92 Å². The van der Waals surface area contributed by atoms with E-state index < -0.39 is 10.0 Å². The lowest BCUT2D eigenvalue weighted by atomic mass is 10.0. The first-order valence-electron chi connectivity index (χ1n) is 11.8. The van der Waals surface area contributed by atoms with Gasteiger partial charge in [0.1, 0.15) is 0 Å². The van der Waals surface area contributed by atoms with E-state index >= 15 is 0 Å². The van der Waals surface area contributed by atoms with Crippen LogP contribution in [0.15, 0.2) is 57.0 Å². The third-order valence-corrected chi connectivity index (χ3v) is 9.48. The molecule has 9 heteroatoms. The number of hydrogen-bond acceptors (Lipinski definition) is 5. The average Bonchev–Trinajstić information content (AvgIpc) is 3.17. The highest BCUT2D eigenvalue weighted by Crippen LogP contribution is 2.31. The van der Waals surface area contributed by atoms with Crippen LogP contribution in [0.2, 0.25) is 0 Å². The van der Waals surface area contributed by atoms with Gasteiger partial charge in [-0.25, -0.2) is 13.4 Å². The number of piperidine rings is 1. The molecule has 0 spiro atoms. The van der Waals surface area contributed by atoms with Crippen LogP contribution in [0.4, 0.5) is 0 Å². The smallest absolute Gasteiger partial charge is 0.243 e. The molecular formula is C25H32BrN3O3S2. The van der Waals surface area contributed by atoms with Gasteiger partial charge in [0.05, 0.1) is 15.9 Å². The van der Waals surface area contributed by atoms with Gasteiger partial charge in [0.2, 0.25) is 10.0 Å². The second-order valence-electron chi connectivity index (χ2n) is 8.78. The lowest BCUT2D eigenvalue weighted by Gasteiger charge is -2.30. The molecule has 6 nitrogen and oxygen atoms in total. The van der Waals surface area contributed by atoms with Crippen LogP contribution in [0.5, 0.6) is 0 Å². The normalized spacial score (nSPS) is 17.4. The summed E-state index contributed by atoms with van der Waals surface area (Å²) in [5.41, 5.74) is 2.88. The molecule has 1 aromatic heterocycles. The number of thioether (sulfide) groups is 1. The Morgan fingerprint density at radius 1 is 1.24 bits per heavy atom. The number of imidazole rings is 1. The predicted octanol–water partition coefficient (Wildman–Crippen LogP) is 5.94. The van der Waals surface area contributed by atoms with E-state index in [4.69, 9.17) is 9.72 Å². The van der Waals surface area contributed by atoms with Crippen LogP contribution in [-0.2, 0) is 27.1 Å². The first-order chi connectivity index (χ1) is 16.4. The third kappa shape index (κ3) is 6.05. The maximum atomic E-state index is 13.3. The van der Waals surface area contributed by atoms with Crippen LogP contribution >= 0.6 is 27.7 Å². The molecule has 3 aromatic rings. The van der Waals surface area contributed by atoms with Gasteiger partial charge in [0.25, 0.3) is 0 Å². The van der Waals surface area contributed by atoms with Gasteiger partial charge >= 0.3 is 0 Å². The SMILES string of the molecule is CCOCCCn1c(SCc2cccc(Br)c2)nc2cc(S(=O)(=O)N3CCC[C@@H](C)C3)ccc21. The highest BCUT2D eigenvalue weighted by molar-refractivity contribution is 9.10. The zero-order valence-electron chi connectivity index (χ0n) is 19.7. The molecule has 0 aliphatic carbocycles. The van der Waals surface area contributed by atoms with Crippen LogP contribution < -0.4 is 0 Å². The van der Waals surface area contributed by atoms with E-state index in [1.54, 1.807) is 28.2 Å². The van der Waals surface area contributed by atoms with Gasteiger partial charge in [-0.3, -0.25) is 0 Å². The van der Waals surface area contributed by atoms with Crippen molar-refractivity contribution in [3.8, 4) is 0 Å². The molecule has 4 rings (SSSR count). The monoisotopic (exact) mass is 565 g/mol. The maximum absolute atomic E-state index is 13.3. The number of aryl methyl sites for hydroxylation is 1. The topological polar surface area (TPSA) is 64.4 Å². The molecule has 0 bridgehead atoms. The molecular weight excluding hydrogens is 534 g/mol. The minimum atomic E-state index is -3.52. The summed E-state index contributed by atoms with van der Waals surface area (Å²) < 4.78 is 37.0. The Bertz CT molecular complexity index is 1230. The van der Waals surface area contributed by atoms with Crippen molar-refractivity contribution in [3.05, 3.63) is 52.5 Å². The average molecular weight is 567 g/mol. The van der Waals surface area contributed by atoms with Gasteiger partial charge in [0, 0.05) is 43.1 Å². The van der Waals surface area contributed by atoms with Crippen LogP contribution in [-0.4, -0.2) is 48.6 Å². The lowest BCUT2D eigenvalue weighted by molar-refractivity contribution is 0.141. The van der Waals surface area contributed by atoms with Crippen molar-refractivity contribution in [2.75, 3.05) is 26.3 Å². The molecule has 0 N–H and O–H groups in total. The maximum Gasteiger partial charge on any atom is 0.243 e. The van der Waals surface area contributed by atoms with Crippen molar-refractivity contribution in [2.45, 2.75) is 55.5 Å². The number of benzene rings is 2. The summed E-state index contributed by atoms with van der Waals surface area (Å²) in [7, 11) is -3.52. The summed E-state index contributed by atoms with van der Waals surface area (Å²) in [6.07, 6.45) is 2.86. The molecule has 1 aliphatic heterocycles. The van der Waals surface area contributed by atoms with Crippen molar-refractivity contribution in [3.63, 3.8) is 0 Å². The number of nitrogens with zero attached hydrogens (tertiary/aromatic N) is 3. The predicted molar refractivity (Wildman–Crippen MR) is 142 cm³/mol. The number of halogens is 1. The number of rotatable bonds is 10. The summed E-state index contributed by atoms with van der Waals surface area (Å²) in [4.78, 5) is 5.20. The second kappa shape index (κ2) is 11.6. The van der Waals surface area contributed by atoms with Crippen molar-refractivity contribution in [1.82, 2.24) is 13.9 Å². The summed E-state index contributed by atoms with van der Waals surface area (Å²) >= 11 is 5.21. The van der Waals surface area contributed by atoms with Gasteiger partial charge in [-0.05, 0) is 68.0 Å². The zero-order valence-corrected chi connectivity index (χ0v) is 23.0. The summed E-state index contributed by atoms with van der Waals surface area (Å²) in [6, 6.07) is 13.6. The quantitative estimate of drug-likeness (QED) is 0.225. The summed E-state index contributed by atoms with van der Waals surface area (Å²) in [5.74, 6) is 1.17. The summed E-state index contributed by atoms with van der Waals surface area (Å²) in [6.45, 7) is 7.44. The Balaban J connectivity index is 1.63. The molecule has 1 aliphatic rings. The molecule has 0 radical (unpaired) electrons. The fraction of sp³-hybridized carbons (Fsp3) is 0.480. The second-order valence-corrected chi connectivity index (χ2v) is 12.6. The fourth-order valence-corrected chi connectivity index (χ4v) is 7.38. The zero-order chi connectivity index (χ0) is 24.1.